The quantitative estimate of drug-likeness (QED) is 0.767. The number of carbonyl (C=O) groups excluding carboxylic acids is 2. The molecule has 3 saturated heterocycles. The predicted molar refractivity (Wildman–Crippen MR) is 104 cm³/mol. The monoisotopic (exact) mass is 411 g/mol. The van der Waals surface area contributed by atoms with Crippen LogP contribution in [0.5, 0.6) is 11.5 Å². The van der Waals surface area contributed by atoms with Crippen LogP contribution in [0.25, 0.3) is 0 Å². The van der Waals surface area contributed by atoms with Crippen LogP contribution in [0.3, 0.4) is 0 Å². The molecule has 2 aromatic rings. The second-order valence-electron chi connectivity index (χ2n) is 7.89. The van der Waals surface area contributed by atoms with Crippen LogP contribution >= 0.6 is 0 Å². The van der Waals surface area contributed by atoms with E-state index in [2.05, 4.69) is 0 Å². The molecular formula is C22H21NO7. The number of fused-ring (bicyclic) bond motifs is 1. The zero-order chi connectivity index (χ0) is 20.9. The molecule has 8 nitrogen and oxygen atoms in total. The molecule has 0 N–H and O–H groups in total. The Morgan fingerprint density at radius 2 is 1.67 bits per heavy atom. The summed E-state index contributed by atoms with van der Waals surface area (Å²) in [6.07, 6.45) is -2.00. The number of anilines is 1. The lowest BCUT2D eigenvalue weighted by molar-refractivity contribution is -0.218. The maximum atomic E-state index is 13.0. The van der Waals surface area contributed by atoms with Gasteiger partial charge in [-0.3, -0.25) is 9.69 Å². The Morgan fingerprint density at radius 3 is 2.40 bits per heavy atom. The first-order chi connectivity index (χ1) is 14.4. The minimum atomic E-state index is -1.69. The number of hydrogen-bond donors (Lipinski definition) is 0. The highest BCUT2D eigenvalue weighted by molar-refractivity contribution is 6.00. The number of carbonyl (C=O) groups is 2. The molecule has 0 aromatic heterocycles. The molecule has 156 valence electrons. The molecule has 3 fully saturated rings. The number of hydrogen-bond acceptors (Lipinski definition) is 7. The smallest absolute Gasteiger partial charge is 0.417 e. The number of ketones is 1. The van der Waals surface area contributed by atoms with Gasteiger partial charge in [-0.05, 0) is 50.2 Å². The van der Waals surface area contributed by atoms with Crippen LogP contribution in [-0.4, -0.2) is 48.8 Å². The highest BCUT2D eigenvalue weighted by Gasteiger charge is 2.63. The first kappa shape index (κ1) is 19.0. The number of Topliss-reactive ketones (excluding diaryl/α,β-unsaturated/α-hetero) is 1. The van der Waals surface area contributed by atoms with Gasteiger partial charge in [0.25, 0.3) is 5.79 Å². The molecule has 3 atom stereocenters. The highest BCUT2D eigenvalue weighted by atomic mass is 16.8. The number of benzene rings is 2. The standard InChI is InChI=1S/C22H21NO7/c1-21(2)28-17-12-26-22(19(24)18(17)29-21)13-23(20(25)30-22)14-8-10-16(11-9-14)27-15-6-4-3-5-7-15/h3-11,17-18H,12-13H2,1-2H3/t17-,18-,22+/m1/s1. The maximum absolute atomic E-state index is 13.0. The van der Waals surface area contributed by atoms with E-state index in [1.807, 2.05) is 30.3 Å². The lowest BCUT2D eigenvalue weighted by Gasteiger charge is -2.34. The maximum Gasteiger partial charge on any atom is 0.417 e. The van der Waals surface area contributed by atoms with Gasteiger partial charge in [0, 0.05) is 5.69 Å². The van der Waals surface area contributed by atoms with E-state index in [4.69, 9.17) is 23.7 Å². The summed E-state index contributed by atoms with van der Waals surface area (Å²) < 4.78 is 28.3. The van der Waals surface area contributed by atoms with Crippen molar-refractivity contribution in [1.82, 2.24) is 0 Å². The Hall–Kier alpha value is -2.94. The van der Waals surface area contributed by atoms with Crippen LogP contribution in [0, 0.1) is 0 Å². The Kier molecular flexibility index (Phi) is 4.32. The van der Waals surface area contributed by atoms with Gasteiger partial charge in [-0.2, -0.15) is 0 Å². The van der Waals surface area contributed by atoms with Crippen LogP contribution in [0.15, 0.2) is 54.6 Å². The molecule has 0 radical (unpaired) electrons. The van der Waals surface area contributed by atoms with E-state index in [0.717, 1.165) is 0 Å². The second kappa shape index (κ2) is 6.80. The van der Waals surface area contributed by atoms with Crippen molar-refractivity contribution < 1.29 is 33.3 Å². The lowest BCUT2D eigenvalue weighted by Crippen LogP contribution is -2.59. The fourth-order valence-corrected chi connectivity index (χ4v) is 3.90. The molecule has 3 aliphatic heterocycles. The summed E-state index contributed by atoms with van der Waals surface area (Å²) in [4.78, 5) is 27.0. The van der Waals surface area contributed by atoms with Crippen molar-refractivity contribution in [2.24, 2.45) is 0 Å². The fourth-order valence-electron chi connectivity index (χ4n) is 3.90. The number of amides is 1. The molecule has 1 amide bonds. The largest absolute Gasteiger partial charge is 0.457 e. The van der Waals surface area contributed by atoms with Gasteiger partial charge in [-0.25, -0.2) is 4.79 Å². The van der Waals surface area contributed by atoms with E-state index in [0.29, 0.717) is 17.2 Å². The number of nitrogens with zero attached hydrogens (tertiary/aromatic N) is 1. The topological polar surface area (TPSA) is 83.5 Å². The summed E-state index contributed by atoms with van der Waals surface area (Å²) in [5.41, 5.74) is 0.569. The first-order valence-corrected chi connectivity index (χ1v) is 9.73. The minimum absolute atomic E-state index is 0.0590. The lowest BCUT2D eigenvalue weighted by atomic mass is 9.99. The summed E-state index contributed by atoms with van der Waals surface area (Å²) in [7, 11) is 0. The van der Waals surface area contributed by atoms with Gasteiger partial charge in [0.05, 0.1) is 6.61 Å². The minimum Gasteiger partial charge on any atom is -0.457 e. The van der Waals surface area contributed by atoms with Crippen molar-refractivity contribution in [3.63, 3.8) is 0 Å². The molecule has 3 heterocycles. The number of para-hydroxylation sites is 1. The summed E-state index contributed by atoms with van der Waals surface area (Å²) in [6.45, 7) is 3.51. The van der Waals surface area contributed by atoms with E-state index in [-0.39, 0.29) is 13.2 Å². The van der Waals surface area contributed by atoms with E-state index < -0.39 is 35.7 Å². The average molecular weight is 411 g/mol. The average Bonchev–Trinajstić information content (AvgIpc) is 3.23. The van der Waals surface area contributed by atoms with E-state index in [1.54, 1.807) is 38.1 Å². The van der Waals surface area contributed by atoms with Gasteiger partial charge >= 0.3 is 6.09 Å². The van der Waals surface area contributed by atoms with Crippen LogP contribution in [-0.2, 0) is 23.7 Å². The normalized spacial score (nSPS) is 29.7. The zero-order valence-electron chi connectivity index (χ0n) is 16.6. The predicted octanol–water partition coefficient (Wildman–Crippen LogP) is 3.25. The molecule has 2 aromatic carbocycles. The molecule has 30 heavy (non-hydrogen) atoms. The molecule has 3 aliphatic rings. The molecular weight excluding hydrogens is 390 g/mol. The molecule has 0 unspecified atom stereocenters. The highest BCUT2D eigenvalue weighted by Crippen LogP contribution is 2.40. The fraction of sp³-hybridized carbons (Fsp3) is 0.364. The van der Waals surface area contributed by atoms with Crippen molar-refractivity contribution in [2.45, 2.75) is 37.6 Å². The Labute approximate surface area is 173 Å². The van der Waals surface area contributed by atoms with Gasteiger partial charge in [0.15, 0.2) is 11.9 Å². The van der Waals surface area contributed by atoms with Crippen LogP contribution < -0.4 is 9.64 Å². The van der Waals surface area contributed by atoms with Crippen molar-refractivity contribution in [3.05, 3.63) is 54.6 Å². The Bertz CT molecular complexity index is 975. The SMILES string of the molecule is CC1(C)O[C@@H]2CO[C@]3(CN(c4ccc(Oc5ccccc5)cc4)C(=O)O3)C(=O)[C@@H]2O1. The summed E-state index contributed by atoms with van der Waals surface area (Å²) in [6, 6.07) is 16.3. The van der Waals surface area contributed by atoms with E-state index in [1.165, 1.54) is 4.90 Å². The Morgan fingerprint density at radius 1 is 0.967 bits per heavy atom. The molecule has 0 aliphatic carbocycles. The van der Waals surface area contributed by atoms with Gasteiger partial charge < -0.3 is 23.7 Å². The Balaban J connectivity index is 1.32. The summed E-state index contributed by atoms with van der Waals surface area (Å²) >= 11 is 0. The summed E-state index contributed by atoms with van der Waals surface area (Å²) in [5, 5.41) is 0. The third-order valence-electron chi connectivity index (χ3n) is 5.26. The van der Waals surface area contributed by atoms with Gasteiger partial charge in [0.1, 0.15) is 24.1 Å². The molecule has 8 heteroatoms. The van der Waals surface area contributed by atoms with E-state index >= 15 is 0 Å². The molecule has 0 saturated carbocycles. The van der Waals surface area contributed by atoms with Crippen LogP contribution in [0.4, 0.5) is 10.5 Å². The summed E-state index contributed by atoms with van der Waals surface area (Å²) in [5.74, 6) is -1.69. The van der Waals surface area contributed by atoms with Gasteiger partial charge in [0.2, 0.25) is 5.78 Å². The number of rotatable bonds is 3. The van der Waals surface area contributed by atoms with E-state index in [9.17, 15) is 9.59 Å². The van der Waals surface area contributed by atoms with Crippen molar-refractivity contribution in [2.75, 3.05) is 18.1 Å². The molecule has 0 bridgehead atoms. The van der Waals surface area contributed by atoms with Gasteiger partial charge in [-0.15, -0.1) is 0 Å². The zero-order valence-corrected chi connectivity index (χ0v) is 16.6. The van der Waals surface area contributed by atoms with Crippen molar-refractivity contribution in [1.29, 1.82) is 0 Å². The van der Waals surface area contributed by atoms with Crippen LogP contribution in [0.2, 0.25) is 0 Å². The second-order valence-corrected chi connectivity index (χ2v) is 7.89. The molecule has 1 spiro atoms. The third-order valence-corrected chi connectivity index (χ3v) is 5.26. The van der Waals surface area contributed by atoms with Crippen molar-refractivity contribution in [3.8, 4) is 11.5 Å². The van der Waals surface area contributed by atoms with Crippen LogP contribution in [0.1, 0.15) is 13.8 Å². The number of ether oxygens (including phenoxy) is 5. The van der Waals surface area contributed by atoms with Gasteiger partial charge in [-0.1, -0.05) is 18.2 Å². The first-order valence-electron chi connectivity index (χ1n) is 9.73. The third kappa shape index (κ3) is 3.23. The molecule has 5 rings (SSSR count). The van der Waals surface area contributed by atoms with Crippen molar-refractivity contribution >= 4 is 17.6 Å².